The van der Waals surface area contributed by atoms with Crippen LogP contribution in [0.3, 0.4) is 0 Å². The Hall–Kier alpha value is -3.26. The van der Waals surface area contributed by atoms with Crippen LogP contribution in [0.25, 0.3) is 11.0 Å². The van der Waals surface area contributed by atoms with Crippen molar-refractivity contribution in [3.8, 4) is 0 Å². The van der Waals surface area contributed by atoms with E-state index in [2.05, 4.69) is 21.1 Å². The van der Waals surface area contributed by atoms with Gasteiger partial charge in [-0.2, -0.15) is 0 Å². The number of aryl methyl sites for hydroxylation is 1. The van der Waals surface area contributed by atoms with Gasteiger partial charge in [0.05, 0.1) is 17.0 Å². The monoisotopic (exact) mass is 454 g/mol. The van der Waals surface area contributed by atoms with Crippen LogP contribution in [-0.4, -0.2) is 11.1 Å². The van der Waals surface area contributed by atoms with Crippen molar-refractivity contribution in [1.29, 1.82) is 0 Å². The van der Waals surface area contributed by atoms with Crippen LogP contribution in [0.1, 0.15) is 33.5 Å². The summed E-state index contributed by atoms with van der Waals surface area (Å²) in [6.45, 7) is 1.70. The molecule has 0 fully saturated rings. The zero-order valence-electron chi connectivity index (χ0n) is 15.0. The third-order valence-electron chi connectivity index (χ3n) is 4.88. The van der Waals surface area contributed by atoms with Gasteiger partial charge in [-0.15, -0.1) is 0 Å². The van der Waals surface area contributed by atoms with Gasteiger partial charge >= 0.3 is 0 Å². The molecule has 1 aliphatic rings. The molecule has 2 aromatic carbocycles. The number of hydrogen-bond donors (Lipinski definition) is 0. The minimum Gasteiger partial charge on any atom is -0.450 e. The molecule has 4 aromatic rings. The normalized spacial score (nSPS) is 15.9. The topological polar surface area (TPSA) is 76.6 Å². The number of amides is 1. The fourth-order valence-corrected chi connectivity index (χ4v) is 3.97. The van der Waals surface area contributed by atoms with Crippen molar-refractivity contribution in [1.82, 2.24) is 5.16 Å². The van der Waals surface area contributed by atoms with Gasteiger partial charge in [0.2, 0.25) is 5.76 Å². The molecule has 0 unspecified atom stereocenters. The van der Waals surface area contributed by atoms with Crippen LogP contribution in [0.5, 0.6) is 0 Å². The molecule has 0 bridgehead atoms. The molecule has 144 valence electrons. The first-order chi connectivity index (χ1) is 13.9. The molecule has 6 nitrogen and oxygen atoms in total. The molecule has 29 heavy (non-hydrogen) atoms. The Morgan fingerprint density at radius 3 is 2.55 bits per heavy atom. The first-order valence-corrected chi connectivity index (χ1v) is 9.52. The molecule has 5 rings (SSSR count). The van der Waals surface area contributed by atoms with E-state index in [1.165, 1.54) is 29.2 Å². The van der Waals surface area contributed by atoms with E-state index in [-0.39, 0.29) is 22.6 Å². The summed E-state index contributed by atoms with van der Waals surface area (Å²) in [6.07, 6.45) is 0. The number of anilines is 1. The first kappa shape index (κ1) is 17.8. The number of rotatable bonds is 2. The number of aromatic nitrogens is 1. The Labute approximate surface area is 171 Å². The number of benzene rings is 2. The van der Waals surface area contributed by atoms with Crippen molar-refractivity contribution in [3.63, 3.8) is 0 Å². The maximum atomic E-state index is 13.5. The van der Waals surface area contributed by atoms with Crippen molar-refractivity contribution >= 4 is 38.6 Å². The highest BCUT2D eigenvalue weighted by Gasteiger charge is 2.44. The van der Waals surface area contributed by atoms with Crippen LogP contribution < -0.4 is 10.3 Å². The smallest absolute Gasteiger partial charge is 0.296 e. The van der Waals surface area contributed by atoms with E-state index in [0.29, 0.717) is 26.8 Å². The zero-order valence-corrected chi connectivity index (χ0v) is 16.6. The van der Waals surface area contributed by atoms with Crippen molar-refractivity contribution in [2.45, 2.75) is 13.0 Å². The summed E-state index contributed by atoms with van der Waals surface area (Å²) in [5.74, 6) is -0.228. The molecule has 1 aliphatic heterocycles. The van der Waals surface area contributed by atoms with E-state index < -0.39 is 17.8 Å². The van der Waals surface area contributed by atoms with Gasteiger partial charge in [0, 0.05) is 10.5 Å². The highest BCUT2D eigenvalue weighted by Crippen LogP contribution is 2.41. The quantitative estimate of drug-likeness (QED) is 0.437. The van der Waals surface area contributed by atoms with Crippen LogP contribution >= 0.6 is 15.9 Å². The minimum absolute atomic E-state index is 0.0557. The maximum Gasteiger partial charge on any atom is 0.296 e. The number of nitrogens with zero attached hydrogens (tertiary/aromatic N) is 2. The van der Waals surface area contributed by atoms with Crippen LogP contribution in [-0.2, 0) is 0 Å². The van der Waals surface area contributed by atoms with Gasteiger partial charge in [-0.25, -0.2) is 4.39 Å². The van der Waals surface area contributed by atoms with E-state index in [1.807, 2.05) is 0 Å². The van der Waals surface area contributed by atoms with E-state index in [1.54, 1.807) is 31.2 Å². The van der Waals surface area contributed by atoms with E-state index >= 15 is 0 Å². The summed E-state index contributed by atoms with van der Waals surface area (Å²) in [6, 6.07) is 11.4. The van der Waals surface area contributed by atoms with Gasteiger partial charge in [-0.3, -0.25) is 14.5 Å². The lowest BCUT2D eigenvalue weighted by molar-refractivity contribution is 0.0969. The summed E-state index contributed by atoms with van der Waals surface area (Å²) in [7, 11) is 0. The number of halogens is 2. The Kier molecular flexibility index (Phi) is 3.92. The zero-order chi connectivity index (χ0) is 20.3. The predicted molar refractivity (Wildman–Crippen MR) is 106 cm³/mol. The highest BCUT2D eigenvalue weighted by molar-refractivity contribution is 9.10. The van der Waals surface area contributed by atoms with Crippen LogP contribution in [0, 0.1) is 12.7 Å². The molecular formula is C21H12BrFN2O4. The molecule has 1 atom stereocenters. The van der Waals surface area contributed by atoms with Crippen LogP contribution in [0.4, 0.5) is 10.2 Å². The third kappa shape index (κ3) is 2.71. The Morgan fingerprint density at radius 2 is 1.86 bits per heavy atom. The molecule has 0 radical (unpaired) electrons. The van der Waals surface area contributed by atoms with Crippen molar-refractivity contribution in [3.05, 3.63) is 91.7 Å². The lowest BCUT2D eigenvalue weighted by Gasteiger charge is -2.22. The Balaban J connectivity index is 1.83. The number of fused-ring (bicyclic) bond motifs is 2. The van der Waals surface area contributed by atoms with E-state index in [9.17, 15) is 14.0 Å². The number of carbonyl (C=O) groups excluding carboxylic acids is 1. The summed E-state index contributed by atoms with van der Waals surface area (Å²) in [5, 5.41) is 4.29. The van der Waals surface area contributed by atoms with Gasteiger partial charge in [0.15, 0.2) is 11.2 Å². The summed E-state index contributed by atoms with van der Waals surface area (Å²) < 4.78 is 25.2. The van der Waals surface area contributed by atoms with Crippen molar-refractivity contribution in [2.75, 3.05) is 4.90 Å². The largest absolute Gasteiger partial charge is 0.450 e. The molecule has 2 aromatic heterocycles. The first-order valence-electron chi connectivity index (χ1n) is 8.72. The average molecular weight is 455 g/mol. The second-order valence-electron chi connectivity index (χ2n) is 6.74. The SMILES string of the molecule is Cc1cc(N2C(=O)c3oc4ccc(Br)cc4c(=O)c3[C@@H]2c2ccc(F)cc2)no1. The third-order valence-corrected chi connectivity index (χ3v) is 5.37. The summed E-state index contributed by atoms with van der Waals surface area (Å²) in [5.41, 5.74) is 0.725. The van der Waals surface area contributed by atoms with Crippen LogP contribution in [0.2, 0.25) is 0 Å². The van der Waals surface area contributed by atoms with Crippen LogP contribution in [0.15, 0.2) is 66.7 Å². The van der Waals surface area contributed by atoms with Gasteiger partial charge in [-0.1, -0.05) is 33.2 Å². The molecule has 0 saturated heterocycles. The maximum absolute atomic E-state index is 13.5. The van der Waals surface area contributed by atoms with Crippen molar-refractivity contribution < 1.29 is 18.1 Å². The molecule has 0 N–H and O–H groups in total. The van der Waals surface area contributed by atoms with Gasteiger partial charge < -0.3 is 8.94 Å². The highest BCUT2D eigenvalue weighted by atomic mass is 79.9. The second-order valence-corrected chi connectivity index (χ2v) is 7.66. The van der Waals surface area contributed by atoms with Crippen molar-refractivity contribution in [2.24, 2.45) is 0 Å². The predicted octanol–water partition coefficient (Wildman–Crippen LogP) is 4.74. The summed E-state index contributed by atoms with van der Waals surface area (Å²) in [4.78, 5) is 28.0. The lowest BCUT2D eigenvalue weighted by atomic mass is 9.98. The second kappa shape index (κ2) is 6.38. The molecule has 0 spiro atoms. The molecule has 0 saturated carbocycles. The molecule has 3 heterocycles. The molecule has 1 amide bonds. The number of carbonyl (C=O) groups is 1. The van der Waals surface area contributed by atoms with Gasteiger partial charge in [0.1, 0.15) is 17.2 Å². The molecule has 8 heteroatoms. The fourth-order valence-electron chi connectivity index (χ4n) is 3.61. The number of hydrogen-bond acceptors (Lipinski definition) is 5. The van der Waals surface area contributed by atoms with E-state index in [0.717, 1.165) is 0 Å². The standard InChI is InChI=1S/C21H12BrFN2O4/c1-10-8-16(24-29-10)25-18(11-2-5-13(23)6-3-11)17-19(26)14-9-12(22)4-7-15(14)28-20(17)21(25)27/h2-9,18H,1H3/t18-/m0/s1. The Bertz CT molecular complexity index is 1340. The lowest BCUT2D eigenvalue weighted by Crippen LogP contribution is -2.29. The summed E-state index contributed by atoms with van der Waals surface area (Å²) >= 11 is 3.36. The van der Waals surface area contributed by atoms with Gasteiger partial charge in [0.25, 0.3) is 5.91 Å². The molecular weight excluding hydrogens is 443 g/mol. The molecule has 0 aliphatic carbocycles. The Morgan fingerprint density at radius 1 is 1.10 bits per heavy atom. The fraction of sp³-hybridized carbons (Fsp3) is 0.0952. The van der Waals surface area contributed by atoms with Gasteiger partial charge in [-0.05, 0) is 42.8 Å². The average Bonchev–Trinajstić information content (AvgIpc) is 3.25. The minimum atomic E-state index is -0.817. The van der Waals surface area contributed by atoms with E-state index in [4.69, 9.17) is 8.94 Å².